The predicted octanol–water partition coefficient (Wildman–Crippen LogP) is 4.93. The summed E-state index contributed by atoms with van der Waals surface area (Å²) < 4.78 is 28.5. The van der Waals surface area contributed by atoms with Gasteiger partial charge in [-0.3, -0.25) is 4.79 Å². The lowest BCUT2D eigenvalue weighted by atomic mass is 10.2. The van der Waals surface area contributed by atoms with Crippen molar-refractivity contribution in [3.05, 3.63) is 83.4 Å². The van der Waals surface area contributed by atoms with E-state index in [0.717, 1.165) is 34.1 Å². The molecule has 0 spiro atoms. The summed E-state index contributed by atoms with van der Waals surface area (Å²) in [4.78, 5) is 17.3. The van der Waals surface area contributed by atoms with Gasteiger partial charge in [0.15, 0.2) is 5.16 Å². The van der Waals surface area contributed by atoms with Crippen molar-refractivity contribution in [3.63, 3.8) is 0 Å². The highest BCUT2D eigenvalue weighted by Gasteiger charge is 2.25. The van der Waals surface area contributed by atoms with E-state index >= 15 is 0 Å². The summed E-state index contributed by atoms with van der Waals surface area (Å²) in [6.07, 6.45) is 0. The first kappa shape index (κ1) is 22.1. The number of carbonyl (C=O) groups excluding carboxylic acids is 1. The summed E-state index contributed by atoms with van der Waals surface area (Å²) in [5, 5.41) is 3.13. The number of rotatable bonds is 6. The number of benzene rings is 3. The zero-order chi connectivity index (χ0) is 22.9. The van der Waals surface area contributed by atoms with Crippen LogP contribution in [0.3, 0.4) is 0 Å². The Kier molecular flexibility index (Phi) is 6.08. The van der Waals surface area contributed by atoms with Gasteiger partial charge in [-0.1, -0.05) is 48.2 Å². The van der Waals surface area contributed by atoms with E-state index in [1.165, 1.54) is 3.97 Å². The molecule has 8 heteroatoms. The van der Waals surface area contributed by atoms with Crippen molar-refractivity contribution in [1.82, 2.24) is 8.96 Å². The number of hydrogen-bond acceptors (Lipinski definition) is 5. The van der Waals surface area contributed by atoms with Gasteiger partial charge in [-0.05, 0) is 67.8 Å². The van der Waals surface area contributed by atoms with E-state index in [0.29, 0.717) is 11.0 Å². The Morgan fingerprint density at radius 3 is 2.34 bits per heavy atom. The lowest BCUT2D eigenvalue weighted by molar-refractivity contribution is -0.113. The normalized spacial score (nSPS) is 11.6. The minimum absolute atomic E-state index is 0.0278. The molecule has 4 aromatic rings. The number of amides is 1. The maximum absolute atomic E-state index is 13.6. The number of thioether (sulfide) groups is 1. The predicted molar refractivity (Wildman–Crippen MR) is 129 cm³/mol. The lowest BCUT2D eigenvalue weighted by Crippen LogP contribution is -2.17. The Morgan fingerprint density at radius 1 is 0.969 bits per heavy atom. The molecule has 0 saturated carbocycles. The third-order valence-corrected chi connectivity index (χ3v) is 7.71. The number of para-hydroxylation sites is 3. The highest BCUT2D eigenvalue weighted by Crippen LogP contribution is 2.30. The molecule has 3 aromatic carbocycles. The van der Waals surface area contributed by atoms with Crippen LogP contribution in [0.1, 0.15) is 16.7 Å². The molecular weight excluding hydrogens is 442 g/mol. The number of imidazole rings is 1. The highest BCUT2D eigenvalue weighted by molar-refractivity contribution is 8.00. The van der Waals surface area contributed by atoms with E-state index in [2.05, 4.69) is 10.3 Å². The second kappa shape index (κ2) is 8.80. The van der Waals surface area contributed by atoms with Gasteiger partial charge in [0.2, 0.25) is 5.91 Å². The number of fused-ring (bicyclic) bond motifs is 1. The molecule has 1 N–H and O–H groups in total. The number of aromatic nitrogens is 2. The fraction of sp³-hybridized carbons (Fsp3) is 0.167. The molecule has 164 valence electrons. The topological polar surface area (TPSA) is 81.1 Å². The molecular formula is C24H23N3O3S2. The molecule has 0 aliphatic heterocycles. The summed E-state index contributed by atoms with van der Waals surface area (Å²) in [5.41, 5.74) is 4.44. The quantitative estimate of drug-likeness (QED) is 0.409. The van der Waals surface area contributed by atoms with Crippen molar-refractivity contribution >= 4 is 44.4 Å². The third-order valence-electron chi connectivity index (χ3n) is 4.98. The second-order valence-electron chi connectivity index (χ2n) is 7.63. The van der Waals surface area contributed by atoms with E-state index in [4.69, 9.17) is 0 Å². The van der Waals surface area contributed by atoms with Crippen molar-refractivity contribution in [2.24, 2.45) is 0 Å². The zero-order valence-electron chi connectivity index (χ0n) is 18.0. The molecule has 32 heavy (non-hydrogen) atoms. The Morgan fingerprint density at radius 2 is 1.62 bits per heavy atom. The van der Waals surface area contributed by atoms with Gasteiger partial charge in [0.25, 0.3) is 10.0 Å². The zero-order valence-corrected chi connectivity index (χ0v) is 19.6. The number of aryl methyl sites for hydroxylation is 3. The second-order valence-corrected chi connectivity index (χ2v) is 10.4. The van der Waals surface area contributed by atoms with Gasteiger partial charge in [0, 0.05) is 5.69 Å². The van der Waals surface area contributed by atoms with Crippen LogP contribution in [0.25, 0.3) is 11.0 Å². The molecule has 0 radical (unpaired) electrons. The van der Waals surface area contributed by atoms with Crippen molar-refractivity contribution in [2.45, 2.75) is 30.8 Å². The van der Waals surface area contributed by atoms with Crippen molar-refractivity contribution in [1.29, 1.82) is 0 Å². The fourth-order valence-corrected chi connectivity index (χ4v) is 6.23. The fourth-order valence-electron chi connectivity index (χ4n) is 3.52. The van der Waals surface area contributed by atoms with Gasteiger partial charge in [-0.2, -0.15) is 0 Å². The summed E-state index contributed by atoms with van der Waals surface area (Å²) in [6, 6.07) is 19.8. The number of carbonyl (C=O) groups is 1. The summed E-state index contributed by atoms with van der Waals surface area (Å²) in [6.45, 7) is 5.64. The van der Waals surface area contributed by atoms with Crippen LogP contribution in [0.15, 0.2) is 76.8 Å². The van der Waals surface area contributed by atoms with Crippen LogP contribution in [0.5, 0.6) is 0 Å². The number of nitrogens with one attached hydrogen (secondary N) is 1. The van der Waals surface area contributed by atoms with Crippen LogP contribution in [0, 0.1) is 20.8 Å². The van der Waals surface area contributed by atoms with Gasteiger partial charge in [0.05, 0.1) is 21.7 Å². The summed E-state index contributed by atoms with van der Waals surface area (Å²) >= 11 is 1.10. The summed E-state index contributed by atoms with van der Waals surface area (Å²) in [5.74, 6) is -0.202. The molecule has 0 bridgehead atoms. The smallest absolute Gasteiger partial charge is 0.270 e. The largest absolute Gasteiger partial charge is 0.325 e. The third kappa shape index (κ3) is 4.42. The first-order valence-electron chi connectivity index (χ1n) is 10.1. The SMILES string of the molecule is Cc1cc(C)cc(S(=O)(=O)n2c(SCC(=O)Nc3ccccc3C)nc3ccccc32)c1. The molecule has 4 rings (SSSR count). The molecule has 6 nitrogen and oxygen atoms in total. The molecule has 1 heterocycles. The monoisotopic (exact) mass is 465 g/mol. The van der Waals surface area contributed by atoms with Crippen molar-refractivity contribution in [3.8, 4) is 0 Å². The molecule has 0 saturated heterocycles. The Bertz CT molecular complexity index is 1410. The van der Waals surface area contributed by atoms with Crippen LogP contribution in [-0.4, -0.2) is 29.0 Å². The van der Waals surface area contributed by atoms with Crippen LogP contribution in [-0.2, 0) is 14.8 Å². The molecule has 0 fully saturated rings. The molecule has 1 aromatic heterocycles. The first-order chi connectivity index (χ1) is 15.3. The van der Waals surface area contributed by atoms with Gasteiger partial charge in [-0.15, -0.1) is 0 Å². The molecule has 0 unspecified atom stereocenters. The van der Waals surface area contributed by atoms with Crippen LogP contribution < -0.4 is 5.32 Å². The molecule has 0 aliphatic rings. The standard InChI is InChI=1S/C24H23N3O3S2/c1-16-12-17(2)14-19(13-16)32(29,30)27-22-11-7-6-10-21(22)26-24(27)31-15-23(28)25-20-9-5-4-8-18(20)3/h4-14H,15H2,1-3H3,(H,25,28). The van der Waals surface area contributed by atoms with E-state index < -0.39 is 10.0 Å². The van der Waals surface area contributed by atoms with Gasteiger partial charge < -0.3 is 5.32 Å². The average molecular weight is 466 g/mol. The Hall–Kier alpha value is -3.10. The van der Waals surface area contributed by atoms with E-state index in [1.807, 2.05) is 57.2 Å². The highest BCUT2D eigenvalue weighted by atomic mass is 32.2. The van der Waals surface area contributed by atoms with Gasteiger partial charge in [-0.25, -0.2) is 17.4 Å². The number of anilines is 1. The van der Waals surface area contributed by atoms with Crippen molar-refractivity contribution < 1.29 is 13.2 Å². The first-order valence-corrected chi connectivity index (χ1v) is 12.5. The maximum atomic E-state index is 13.6. The van der Waals surface area contributed by atoms with Gasteiger partial charge >= 0.3 is 0 Å². The molecule has 1 amide bonds. The van der Waals surface area contributed by atoms with E-state index in [1.54, 1.807) is 30.3 Å². The van der Waals surface area contributed by atoms with Crippen LogP contribution in [0.2, 0.25) is 0 Å². The van der Waals surface area contributed by atoms with E-state index in [9.17, 15) is 13.2 Å². The number of hydrogen-bond donors (Lipinski definition) is 1. The van der Waals surface area contributed by atoms with Gasteiger partial charge in [0.1, 0.15) is 0 Å². The maximum Gasteiger partial charge on any atom is 0.270 e. The van der Waals surface area contributed by atoms with E-state index in [-0.39, 0.29) is 21.7 Å². The minimum Gasteiger partial charge on any atom is -0.325 e. The van der Waals surface area contributed by atoms with Crippen LogP contribution in [0.4, 0.5) is 5.69 Å². The van der Waals surface area contributed by atoms with Crippen molar-refractivity contribution in [2.75, 3.05) is 11.1 Å². The Balaban J connectivity index is 1.69. The Labute approximate surface area is 191 Å². The molecule has 0 atom stereocenters. The lowest BCUT2D eigenvalue weighted by Gasteiger charge is -2.12. The number of nitrogens with zero attached hydrogens (tertiary/aromatic N) is 2. The minimum atomic E-state index is -3.91. The van der Waals surface area contributed by atoms with Crippen LogP contribution >= 0.6 is 11.8 Å². The average Bonchev–Trinajstić information content (AvgIpc) is 3.12. The molecule has 0 aliphatic carbocycles. The summed E-state index contributed by atoms with van der Waals surface area (Å²) in [7, 11) is -3.91.